The summed E-state index contributed by atoms with van der Waals surface area (Å²) in [6.45, 7) is 10.3. The van der Waals surface area contributed by atoms with E-state index in [-0.39, 0.29) is 17.9 Å². The lowest BCUT2D eigenvalue weighted by atomic mass is 9.86. The SMILES string of the molecule is CC(=O)Nc1ccc(SC[C@@H](O)COc2ccc(C(C)(C)C)cc2C)cc1. The molecule has 27 heavy (non-hydrogen) atoms. The molecule has 0 aliphatic heterocycles. The van der Waals surface area contributed by atoms with E-state index in [1.807, 2.05) is 37.3 Å². The molecule has 0 unspecified atom stereocenters. The molecule has 1 amide bonds. The van der Waals surface area contributed by atoms with Crippen LogP contribution in [0.5, 0.6) is 5.75 Å². The van der Waals surface area contributed by atoms with Crippen molar-refractivity contribution in [3.05, 3.63) is 53.6 Å². The molecule has 2 N–H and O–H groups in total. The second-order valence-electron chi connectivity index (χ2n) is 7.71. The van der Waals surface area contributed by atoms with Crippen LogP contribution >= 0.6 is 11.8 Å². The predicted octanol–water partition coefficient (Wildman–Crippen LogP) is 4.78. The summed E-state index contributed by atoms with van der Waals surface area (Å²) in [5.74, 6) is 1.26. The smallest absolute Gasteiger partial charge is 0.221 e. The van der Waals surface area contributed by atoms with Gasteiger partial charge in [-0.3, -0.25) is 4.79 Å². The van der Waals surface area contributed by atoms with Gasteiger partial charge in [-0.1, -0.05) is 32.9 Å². The molecular formula is C22H29NO3S. The number of aryl methyl sites for hydroxylation is 1. The molecule has 2 aromatic carbocycles. The highest BCUT2D eigenvalue weighted by atomic mass is 32.2. The fourth-order valence-corrected chi connectivity index (χ4v) is 3.35. The summed E-state index contributed by atoms with van der Waals surface area (Å²) in [5.41, 5.74) is 3.22. The molecular weight excluding hydrogens is 358 g/mol. The van der Waals surface area contributed by atoms with E-state index in [1.54, 1.807) is 11.8 Å². The third-order valence-electron chi connectivity index (χ3n) is 4.09. The van der Waals surface area contributed by atoms with Crippen LogP contribution < -0.4 is 10.1 Å². The van der Waals surface area contributed by atoms with Crippen LogP contribution in [0.3, 0.4) is 0 Å². The largest absolute Gasteiger partial charge is 0.491 e. The molecule has 0 saturated heterocycles. The van der Waals surface area contributed by atoms with Gasteiger partial charge in [0.1, 0.15) is 12.4 Å². The van der Waals surface area contributed by atoms with Gasteiger partial charge in [0.15, 0.2) is 0 Å². The van der Waals surface area contributed by atoms with Crippen LogP contribution in [0.15, 0.2) is 47.4 Å². The van der Waals surface area contributed by atoms with E-state index >= 15 is 0 Å². The maximum atomic E-state index is 11.0. The minimum absolute atomic E-state index is 0.0891. The number of benzene rings is 2. The first-order chi connectivity index (χ1) is 12.6. The van der Waals surface area contributed by atoms with Crippen LogP contribution in [0.25, 0.3) is 0 Å². The lowest BCUT2D eigenvalue weighted by Gasteiger charge is -2.21. The van der Waals surface area contributed by atoms with Crippen LogP contribution in [-0.2, 0) is 10.2 Å². The standard InChI is InChI=1S/C22H29NO3S/c1-15-12-17(22(3,4)5)6-11-21(15)26-13-19(25)14-27-20-9-7-18(8-10-20)23-16(2)24/h6-12,19,25H,13-14H2,1-5H3,(H,23,24)/t19-/m0/s1. The number of nitrogens with one attached hydrogen (secondary N) is 1. The summed E-state index contributed by atoms with van der Waals surface area (Å²) in [5, 5.41) is 13.0. The van der Waals surface area contributed by atoms with Gasteiger partial charge >= 0.3 is 0 Å². The Kier molecular flexibility index (Phi) is 7.33. The lowest BCUT2D eigenvalue weighted by Crippen LogP contribution is -2.20. The number of carbonyl (C=O) groups is 1. The Labute approximate surface area is 166 Å². The number of ether oxygens (including phenoxy) is 1. The van der Waals surface area contributed by atoms with Crippen molar-refractivity contribution in [2.24, 2.45) is 0 Å². The van der Waals surface area contributed by atoms with Gasteiger partial charge in [-0.15, -0.1) is 11.8 Å². The predicted molar refractivity (Wildman–Crippen MR) is 113 cm³/mol. The van der Waals surface area contributed by atoms with Crippen molar-refractivity contribution in [1.82, 2.24) is 0 Å². The van der Waals surface area contributed by atoms with Crippen molar-refractivity contribution in [2.75, 3.05) is 17.7 Å². The van der Waals surface area contributed by atoms with Gasteiger partial charge in [-0.2, -0.15) is 0 Å². The van der Waals surface area contributed by atoms with Gasteiger partial charge in [-0.25, -0.2) is 0 Å². The van der Waals surface area contributed by atoms with Crippen molar-refractivity contribution in [3.8, 4) is 5.75 Å². The van der Waals surface area contributed by atoms with Crippen LogP contribution in [0, 0.1) is 6.92 Å². The highest BCUT2D eigenvalue weighted by molar-refractivity contribution is 7.99. The number of rotatable bonds is 7. The van der Waals surface area contributed by atoms with E-state index in [2.05, 4.69) is 38.2 Å². The summed E-state index contributed by atoms with van der Waals surface area (Å²) >= 11 is 1.56. The molecule has 2 rings (SSSR count). The fourth-order valence-electron chi connectivity index (χ4n) is 2.54. The minimum Gasteiger partial charge on any atom is -0.491 e. The molecule has 0 aliphatic carbocycles. The Morgan fingerprint density at radius 3 is 2.41 bits per heavy atom. The van der Waals surface area contributed by atoms with E-state index in [9.17, 15) is 9.90 Å². The highest BCUT2D eigenvalue weighted by Gasteiger charge is 2.15. The number of carbonyl (C=O) groups excluding carboxylic acids is 1. The van der Waals surface area contributed by atoms with Crippen molar-refractivity contribution in [3.63, 3.8) is 0 Å². The summed E-state index contributed by atoms with van der Waals surface area (Å²) in [6.07, 6.45) is -0.563. The Morgan fingerprint density at radius 1 is 1.19 bits per heavy atom. The second-order valence-corrected chi connectivity index (χ2v) is 8.81. The van der Waals surface area contributed by atoms with Crippen LogP contribution in [0.4, 0.5) is 5.69 Å². The molecule has 0 heterocycles. The van der Waals surface area contributed by atoms with Gasteiger partial charge in [0.25, 0.3) is 0 Å². The number of thioether (sulfide) groups is 1. The normalized spacial score (nSPS) is 12.5. The van der Waals surface area contributed by atoms with Gasteiger partial charge in [0.2, 0.25) is 5.91 Å². The minimum atomic E-state index is -0.563. The maximum absolute atomic E-state index is 11.0. The molecule has 0 radical (unpaired) electrons. The molecule has 2 aromatic rings. The molecule has 146 valence electrons. The Bertz CT molecular complexity index is 766. The summed E-state index contributed by atoms with van der Waals surface area (Å²) in [4.78, 5) is 12.1. The molecule has 1 atom stereocenters. The highest BCUT2D eigenvalue weighted by Crippen LogP contribution is 2.28. The number of hydrogen-bond donors (Lipinski definition) is 2. The first-order valence-electron chi connectivity index (χ1n) is 9.07. The number of aliphatic hydroxyl groups excluding tert-OH is 1. The summed E-state index contributed by atoms with van der Waals surface area (Å²) in [7, 11) is 0. The monoisotopic (exact) mass is 387 g/mol. The summed E-state index contributed by atoms with van der Waals surface area (Å²) in [6, 6.07) is 13.8. The molecule has 0 aliphatic rings. The Hall–Kier alpha value is -1.98. The van der Waals surface area contributed by atoms with Crippen LogP contribution in [0.1, 0.15) is 38.8 Å². The third-order valence-corrected chi connectivity index (χ3v) is 5.25. The number of anilines is 1. The lowest BCUT2D eigenvalue weighted by molar-refractivity contribution is -0.114. The topological polar surface area (TPSA) is 58.6 Å². The maximum Gasteiger partial charge on any atom is 0.221 e. The Morgan fingerprint density at radius 2 is 1.85 bits per heavy atom. The molecule has 0 bridgehead atoms. The first-order valence-corrected chi connectivity index (χ1v) is 10.1. The molecule has 4 nitrogen and oxygen atoms in total. The molecule has 0 aromatic heterocycles. The zero-order chi connectivity index (χ0) is 20.0. The third kappa shape index (κ3) is 6.92. The van der Waals surface area contributed by atoms with Gasteiger partial charge in [-0.05, 0) is 53.8 Å². The van der Waals surface area contributed by atoms with E-state index in [4.69, 9.17) is 4.74 Å². The molecule has 0 saturated carbocycles. The van der Waals surface area contributed by atoms with Crippen LogP contribution in [0.2, 0.25) is 0 Å². The zero-order valence-corrected chi connectivity index (χ0v) is 17.5. The van der Waals surface area contributed by atoms with Crippen LogP contribution in [-0.4, -0.2) is 29.5 Å². The average molecular weight is 388 g/mol. The molecule has 0 fully saturated rings. The summed E-state index contributed by atoms with van der Waals surface area (Å²) < 4.78 is 5.81. The van der Waals surface area contributed by atoms with Crippen molar-refractivity contribution in [2.45, 2.75) is 51.0 Å². The number of hydrogen-bond acceptors (Lipinski definition) is 4. The molecule has 5 heteroatoms. The average Bonchev–Trinajstić information content (AvgIpc) is 2.58. The fraction of sp³-hybridized carbons (Fsp3) is 0.409. The Balaban J connectivity index is 1.82. The van der Waals surface area contributed by atoms with Crippen molar-refractivity contribution >= 4 is 23.4 Å². The number of aliphatic hydroxyl groups is 1. The molecule has 0 spiro atoms. The van der Waals surface area contributed by atoms with Crippen molar-refractivity contribution < 1.29 is 14.6 Å². The zero-order valence-electron chi connectivity index (χ0n) is 16.7. The second kappa shape index (κ2) is 9.29. The quantitative estimate of drug-likeness (QED) is 0.671. The van der Waals surface area contributed by atoms with E-state index in [1.165, 1.54) is 12.5 Å². The first kappa shape index (κ1) is 21.3. The number of amides is 1. The van der Waals surface area contributed by atoms with E-state index in [0.29, 0.717) is 5.75 Å². The van der Waals surface area contributed by atoms with E-state index in [0.717, 1.165) is 21.9 Å². The van der Waals surface area contributed by atoms with Gasteiger partial charge in [0.05, 0.1) is 6.10 Å². The van der Waals surface area contributed by atoms with Gasteiger partial charge in [0, 0.05) is 23.3 Å². The van der Waals surface area contributed by atoms with E-state index < -0.39 is 6.10 Å². The van der Waals surface area contributed by atoms with Crippen molar-refractivity contribution in [1.29, 1.82) is 0 Å². The van der Waals surface area contributed by atoms with Gasteiger partial charge < -0.3 is 15.2 Å².